The molecule has 3 rings (SSSR count). The Morgan fingerprint density at radius 3 is 2.56 bits per heavy atom. The van der Waals surface area contributed by atoms with Crippen molar-refractivity contribution in [2.45, 2.75) is 18.0 Å². The molecule has 16 heavy (non-hydrogen) atoms. The number of halogens is 3. The monoisotopic (exact) mass is 227 g/mol. The summed E-state index contributed by atoms with van der Waals surface area (Å²) >= 11 is 0. The van der Waals surface area contributed by atoms with Gasteiger partial charge in [-0.15, -0.1) is 0 Å². The lowest BCUT2D eigenvalue weighted by Gasteiger charge is -2.19. The third kappa shape index (κ3) is 1.29. The Morgan fingerprint density at radius 1 is 1.25 bits per heavy atom. The van der Waals surface area contributed by atoms with Crippen molar-refractivity contribution >= 4 is 0 Å². The van der Waals surface area contributed by atoms with Gasteiger partial charge in [0.25, 0.3) is 0 Å². The Balaban J connectivity index is 2.08. The van der Waals surface area contributed by atoms with E-state index in [1.807, 2.05) is 0 Å². The van der Waals surface area contributed by atoms with Gasteiger partial charge in [-0.1, -0.05) is 18.2 Å². The van der Waals surface area contributed by atoms with Crippen molar-refractivity contribution in [3.63, 3.8) is 0 Å². The molecule has 0 aromatic heterocycles. The largest absolute Gasteiger partial charge is 0.416 e. The third-order valence-corrected chi connectivity index (χ3v) is 3.83. The molecule has 4 heteroatoms. The highest BCUT2D eigenvalue weighted by Gasteiger charge is 2.60. The Morgan fingerprint density at radius 2 is 2.00 bits per heavy atom. The quantitative estimate of drug-likeness (QED) is 0.777. The Kier molecular flexibility index (Phi) is 1.90. The van der Waals surface area contributed by atoms with Crippen LogP contribution in [0.25, 0.3) is 0 Å². The SMILES string of the molecule is FC(F)(F)c1ccccc1[C@]12CNC[C@@H]1C2. The number of nitrogens with one attached hydrogen (secondary N) is 1. The molecule has 1 N–H and O–H groups in total. The number of piperidine rings is 1. The highest BCUT2D eigenvalue weighted by molar-refractivity contribution is 5.43. The topological polar surface area (TPSA) is 12.0 Å². The molecule has 0 unspecified atom stereocenters. The number of hydrogen-bond acceptors (Lipinski definition) is 1. The predicted molar refractivity (Wildman–Crippen MR) is 54.1 cm³/mol. The molecule has 2 aliphatic rings. The van der Waals surface area contributed by atoms with E-state index in [0.717, 1.165) is 13.0 Å². The van der Waals surface area contributed by atoms with Gasteiger partial charge < -0.3 is 5.32 Å². The summed E-state index contributed by atoms with van der Waals surface area (Å²) < 4.78 is 38.6. The summed E-state index contributed by atoms with van der Waals surface area (Å²) in [5.41, 5.74) is -0.203. The predicted octanol–water partition coefficient (Wildman–Crippen LogP) is 2.57. The van der Waals surface area contributed by atoms with Gasteiger partial charge in [0.15, 0.2) is 0 Å². The highest BCUT2D eigenvalue weighted by Crippen LogP contribution is 2.58. The molecule has 1 aromatic carbocycles. The minimum atomic E-state index is -4.24. The number of benzene rings is 1. The van der Waals surface area contributed by atoms with E-state index in [4.69, 9.17) is 0 Å². The summed E-state index contributed by atoms with van der Waals surface area (Å²) in [5, 5.41) is 3.17. The van der Waals surface area contributed by atoms with E-state index in [1.54, 1.807) is 12.1 Å². The van der Waals surface area contributed by atoms with E-state index >= 15 is 0 Å². The van der Waals surface area contributed by atoms with Crippen molar-refractivity contribution in [3.8, 4) is 0 Å². The van der Waals surface area contributed by atoms with E-state index in [0.29, 0.717) is 18.0 Å². The summed E-state index contributed by atoms with van der Waals surface area (Å²) in [5.74, 6) is 0.399. The van der Waals surface area contributed by atoms with Crippen molar-refractivity contribution in [3.05, 3.63) is 35.4 Å². The van der Waals surface area contributed by atoms with Crippen LogP contribution < -0.4 is 5.32 Å². The minimum Gasteiger partial charge on any atom is -0.316 e. The zero-order valence-electron chi connectivity index (χ0n) is 8.64. The molecule has 1 nitrogen and oxygen atoms in total. The second-order valence-corrected chi connectivity index (χ2v) is 4.73. The van der Waals surface area contributed by atoms with Crippen LogP contribution in [0.15, 0.2) is 24.3 Å². The Bertz CT molecular complexity index is 427. The van der Waals surface area contributed by atoms with E-state index in [2.05, 4.69) is 5.32 Å². The molecule has 0 amide bonds. The van der Waals surface area contributed by atoms with Crippen molar-refractivity contribution < 1.29 is 13.2 Å². The molecule has 2 atom stereocenters. The van der Waals surface area contributed by atoms with Crippen LogP contribution >= 0.6 is 0 Å². The maximum atomic E-state index is 12.9. The molecule has 1 saturated heterocycles. The smallest absolute Gasteiger partial charge is 0.316 e. The van der Waals surface area contributed by atoms with Crippen LogP contribution in [0, 0.1) is 5.92 Å². The van der Waals surface area contributed by atoms with Crippen LogP contribution in [0.5, 0.6) is 0 Å². The molecule has 1 saturated carbocycles. The molecule has 0 radical (unpaired) electrons. The molecule has 0 spiro atoms. The van der Waals surface area contributed by atoms with Crippen molar-refractivity contribution in [2.24, 2.45) is 5.92 Å². The van der Waals surface area contributed by atoms with Crippen LogP contribution in [-0.4, -0.2) is 13.1 Å². The zero-order chi connectivity index (χ0) is 11.4. The molecule has 2 fully saturated rings. The highest BCUT2D eigenvalue weighted by atomic mass is 19.4. The van der Waals surface area contributed by atoms with Crippen LogP contribution in [0.1, 0.15) is 17.5 Å². The van der Waals surface area contributed by atoms with E-state index in [-0.39, 0.29) is 5.41 Å². The maximum Gasteiger partial charge on any atom is 0.416 e. The van der Waals surface area contributed by atoms with Gasteiger partial charge in [-0.2, -0.15) is 13.2 Å². The normalized spacial score (nSPS) is 32.6. The first kappa shape index (κ1) is 10.1. The molecular weight excluding hydrogens is 215 g/mol. The number of hydrogen-bond donors (Lipinski definition) is 1. The van der Waals surface area contributed by atoms with Crippen LogP contribution in [0.4, 0.5) is 13.2 Å². The van der Waals surface area contributed by atoms with Gasteiger partial charge >= 0.3 is 6.18 Å². The van der Waals surface area contributed by atoms with Crippen molar-refractivity contribution in [1.82, 2.24) is 5.32 Å². The molecular formula is C12H12F3N. The van der Waals surface area contributed by atoms with E-state index in [9.17, 15) is 13.2 Å². The number of alkyl halides is 3. The number of fused-ring (bicyclic) bond motifs is 1. The van der Waals surface area contributed by atoms with Gasteiger partial charge in [-0.05, 0) is 30.5 Å². The minimum absolute atomic E-state index is 0.230. The summed E-state index contributed by atoms with van der Waals surface area (Å²) in [6, 6.07) is 5.99. The summed E-state index contributed by atoms with van der Waals surface area (Å²) in [4.78, 5) is 0. The Hall–Kier alpha value is -1.03. The lowest BCUT2D eigenvalue weighted by atomic mass is 9.90. The van der Waals surface area contributed by atoms with Gasteiger partial charge in [-0.3, -0.25) is 0 Å². The molecule has 1 aliphatic heterocycles. The molecule has 1 heterocycles. The van der Waals surface area contributed by atoms with Gasteiger partial charge in [0.1, 0.15) is 0 Å². The van der Waals surface area contributed by atoms with E-state index < -0.39 is 11.7 Å². The standard InChI is InChI=1S/C12H12F3N/c13-12(14,15)10-4-2-1-3-9(10)11-5-8(11)6-16-7-11/h1-4,8,16H,5-7H2/t8-,11+/m0/s1. The van der Waals surface area contributed by atoms with E-state index in [1.165, 1.54) is 12.1 Å². The van der Waals surface area contributed by atoms with Gasteiger partial charge in [0.05, 0.1) is 5.56 Å². The fraction of sp³-hybridized carbons (Fsp3) is 0.500. The first-order valence-corrected chi connectivity index (χ1v) is 5.41. The van der Waals surface area contributed by atoms with Gasteiger partial charge in [0, 0.05) is 12.0 Å². The van der Waals surface area contributed by atoms with Crippen LogP contribution in [-0.2, 0) is 11.6 Å². The maximum absolute atomic E-state index is 12.9. The Labute approximate surface area is 91.7 Å². The first-order valence-electron chi connectivity index (χ1n) is 5.41. The van der Waals surface area contributed by atoms with Crippen molar-refractivity contribution in [2.75, 3.05) is 13.1 Å². The van der Waals surface area contributed by atoms with Crippen molar-refractivity contribution in [1.29, 1.82) is 0 Å². The number of rotatable bonds is 1. The summed E-state index contributed by atoms with van der Waals surface area (Å²) in [7, 11) is 0. The van der Waals surface area contributed by atoms with Crippen LogP contribution in [0.2, 0.25) is 0 Å². The second-order valence-electron chi connectivity index (χ2n) is 4.73. The van der Waals surface area contributed by atoms with Gasteiger partial charge in [0.2, 0.25) is 0 Å². The van der Waals surface area contributed by atoms with Crippen LogP contribution in [0.3, 0.4) is 0 Å². The average molecular weight is 227 g/mol. The molecule has 86 valence electrons. The third-order valence-electron chi connectivity index (χ3n) is 3.83. The summed E-state index contributed by atoms with van der Waals surface area (Å²) in [6.07, 6.45) is -3.34. The first-order chi connectivity index (χ1) is 7.54. The van der Waals surface area contributed by atoms with Gasteiger partial charge in [-0.25, -0.2) is 0 Å². The average Bonchev–Trinajstić information content (AvgIpc) is 2.81. The zero-order valence-corrected chi connectivity index (χ0v) is 8.64. The summed E-state index contributed by atoms with van der Waals surface area (Å²) in [6.45, 7) is 1.54. The second kappa shape index (κ2) is 3.00. The fourth-order valence-electron chi connectivity index (χ4n) is 2.92. The molecule has 1 aliphatic carbocycles. The lowest BCUT2D eigenvalue weighted by molar-refractivity contribution is -0.138. The lowest BCUT2D eigenvalue weighted by Crippen LogP contribution is -2.22. The molecule has 1 aromatic rings. The molecule has 0 bridgehead atoms. The fourth-order valence-corrected chi connectivity index (χ4v) is 2.92.